The molecule has 2 atom stereocenters. The number of non-ortho nitro benzene ring substituents is 1. The lowest BCUT2D eigenvalue weighted by Crippen LogP contribution is -2.70. The second-order valence-corrected chi connectivity index (χ2v) is 9.40. The van der Waals surface area contributed by atoms with Crippen LogP contribution in [0.3, 0.4) is 0 Å². The van der Waals surface area contributed by atoms with Crippen LogP contribution < -0.4 is 10.6 Å². The summed E-state index contributed by atoms with van der Waals surface area (Å²) in [7, 11) is 1.25. The number of amides is 3. The van der Waals surface area contributed by atoms with Gasteiger partial charge in [0.2, 0.25) is 6.41 Å². The number of aromatic nitrogens is 1. The molecule has 37 heavy (non-hydrogen) atoms. The third-order valence-corrected chi connectivity index (χ3v) is 7.14. The Kier molecular flexibility index (Phi) is 7.78. The molecule has 3 amide bonds. The van der Waals surface area contributed by atoms with Crippen molar-refractivity contribution in [3.8, 4) is 0 Å². The van der Waals surface area contributed by atoms with Crippen LogP contribution in [0.15, 0.2) is 46.6 Å². The summed E-state index contributed by atoms with van der Waals surface area (Å²) in [6, 6.07) is 4.61. The van der Waals surface area contributed by atoms with Gasteiger partial charge in [-0.05, 0) is 23.8 Å². The number of nitro benzene ring substituents is 1. The molecule has 0 spiro atoms. The predicted octanol–water partition coefficient (Wildman–Crippen LogP) is 0.997. The van der Waals surface area contributed by atoms with Crippen molar-refractivity contribution in [1.29, 1.82) is 0 Å². The number of esters is 1. The largest absolute Gasteiger partial charge is 0.456 e. The normalized spacial score (nSPS) is 18.6. The van der Waals surface area contributed by atoms with Gasteiger partial charge in [-0.25, -0.2) is 9.78 Å². The SMILES string of the molecule is CON=C(C(=O)NC1C(=O)N2C(C(=O)OCc3ccc([N+](=O)[O-])cc3)=CCS[C@H]12)c1csc(NC=O)n1. The maximum Gasteiger partial charge on any atom is 0.355 e. The lowest BCUT2D eigenvalue weighted by atomic mass is 10.0. The van der Waals surface area contributed by atoms with Crippen molar-refractivity contribution in [2.45, 2.75) is 18.0 Å². The molecule has 2 aromatic rings. The maximum absolute atomic E-state index is 12.9. The van der Waals surface area contributed by atoms with Crippen molar-refractivity contribution in [2.24, 2.45) is 5.16 Å². The van der Waals surface area contributed by atoms with Crippen LogP contribution in [0, 0.1) is 10.1 Å². The number of hydrogen-bond acceptors (Lipinski definition) is 12. The summed E-state index contributed by atoms with van der Waals surface area (Å²) in [5.41, 5.74) is 0.457. The quantitative estimate of drug-likeness (QED) is 0.109. The van der Waals surface area contributed by atoms with Crippen molar-refractivity contribution in [3.05, 3.63) is 62.8 Å². The summed E-state index contributed by atoms with van der Waals surface area (Å²) < 4.78 is 5.29. The number of anilines is 1. The molecule has 14 nitrogen and oxygen atoms in total. The first-order valence-electron chi connectivity index (χ1n) is 10.5. The average molecular weight is 547 g/mol. The number of thioether (sulfide) groups is 1. The van der Waals surface area contributed by atoms with Gasteiger partial charge in [-0.3, -0.25) is 29.4 Å². The number of hydrogen-bond donors (Lipinski definition) is 2. The van der Waals surface area contributed by atoms with Crippen molar-refractivity contribution in [1.82, 2.24) is 15.2 Å². The van der Waals surface area contributed by atoms with Gasteiger partial charge in [0.1, 0.15) is 36.5 Å². The molecule has 16 heteroatoms. The second kappa shape index (κ2) is 11.2. The summed E-state index contributed by atoms with van der Waals surface area (Å²) in [4.78, 5) is 69.4. The Hall–Kier alpha value is -4.31. The molecular weight excluding hydrogens is 528 g/mol. The van der Waals surface area contributed by atoms with Crippen molar-refractivity contribution < 1.29 is 33.7 Å². The Morgan fingerprint density at radius 2 is 2.11 bits per heavy atom. The molecule has 0 bridgehead atoms. The number of β-lactam (4-membered cyclic amide) rings is 1. The highest BCUT2D eigenvalue weighted by Crippen LogP contribution is 2.38. The molecule has 2 N–H and O–H groups in total. The zero-order valence-corrected chi connectivity index (χ0v) is 20.6. The van der Waals surface area contributed by atoms with Gasteiger partial charge >= 0.3 is 5.97 Å². The van der Waals surface area contributed by atoms with Gasteiger partial charge in [0.25, 0.3) is 17.5 Å². The Bertz CT molecular complexity index is 1310. The number of benzene rings is 1. The molecule has 0 saturated carbocycles. The number of nitrogens with zero attached hydrogens (tertiary/aromatic N) is 4. The van der Waals surface area contributed by atoms with Gasteiger partial charge in [0.15, 0.2) is 10.8 Å². The van der Waals surface area contributed by atoms with Gasteiger partial charge in [0, 0.05) is 23.3 Å². The molecule has 3 heterocycles. The third kappa shape index (κ3) is 5.44. The number of carbonyl (C=O) groups excluding carboxylic acids is 4. The van der Waals surface area contributed by atoms with Crippen LogP contribution in [-0.2, 0) is 35.4 Å². The summed E-state index contributed by atoms with van der Waals surface area (Å²) in [6.45, 7) is -0.139. The minimum atomic E-state index is -0.933. The predicted molar refractivity (Wildman–Crippen MR) is 131 cm³/mol. The van der Waals surface area contributed by atoms with E-state index in [-0.39, 0.29) is 34.5 Å². The second-order valence-electron chi connectivity index (χ2n) is 7.39. The molecule has 2 aliphatic heterocycles. The van der Waals surface area contributed by atoms with Crippen LogP contribution in [0.4, 0.5) is 10.8 Å². The Labute approximate surface area is 216 Å². The van der Waals surface area contributed by atoms with E-state index in [1.54, 1.807) is 6.08 Å². The summed E-state index contributed by atoms with van der Waals surface area (Å²) in [5.74, 6) is -1.57. The first-order chi connectivity index (χ1) is 17.8. The fraction of sp³-hybridized carbons (Fsp3) is 0.238. The maximum atomic E-state index is 12.9. The van der Waals surface area contributed by atoms with E-state index in [9.17, 15) is 29.3 Å². The molecule has 0 radical (unpaired) electrons. The van der Waals surface area contributed by atoms with E-state index in [0.717, 1.165) is 11.3 Å². The van der Waals surface area contributed by atoms with Crippen molar-refractivity contribution in [3.63, 3.8) is 0 Å². The Balaban J connectivity index is 1.38. The minimum absolute atomic E-state index is 0.0519. The number of oxime groups is 1. The first-order valence-corrected chi connectivity index (χ1v) is 12.4. The Morgan fingerprint density at radius 1 is 1.35 bits per heavy atom. The lowest BCUT2D eigenvalue weighted by molar-refractivity contribution is -0.384. The van der Waals surface area contributed by atoms with E-state index >= 15 is 0 Å². The zero-order valence-electron chi connectivity index (χ0n) is 19.0. The molecule has 1 saturated heterocycles. The standard InChI is InChI=1S/C21H18N6O8S2/c1-34-25-15(13-9-37-21(23-13)22-10-28)17(29)24-16-18(30)26-14(6-7-36-19(16)26)20(31)35-8-11-2-4-12(5-3-11)27(32)33/h2-6,9-10,16,19H,7-8H2,1H3,(H,24,29)(H,22,23,28)/t16?,19-/m1/s1. The lowest BCUT2D eigenvalue weighted by Gasteiger charge is -2.48. The van der Waals surface area contributed by atoms with Gasteiger partial charge in [-0.15, -0.1) is 23.1 Å². The average Bonchev–Trinajstić information content (AvgIpc) is 3.36. The first kappa shape index (κ1) is 25.8. The van der Waals surface area contributed by atoms with Crippen LogP contribution >= 0.6 is 23.1 Å². The minimum Gasteiger partial charge on any atom is -0.456 e. The van der Waals surface area contributed by atoms with Gasteiger partial charge in [0.05, 0.1) is 4.92 Å². The smallest absolute Gasteiger partial charge is 0.355 e. The molecule has 1 aromatic heterocycles. The number of ether oxygens (including phenoxy) is 1. The van der Waals surface area contributed by atoms with E-state index in [2.05, 4.69) is 20.8 Å². The van der Waals surface area contributed by atoms with Crippen LogP contribution in [0.1, 0.15) is 11.3 Å². The van der Waals surface area contributed by atoms with Gasteiger partial charge in [-0.1, -0.05) is 5.16 Å². The van der Waals surface area contributed by atoms with Crippen LogP contribution in [0.25, 0.3) is 0 Å². The van der Waals surface area contributed by atoms with Gasteiger partial charge in [-0.2, -0.15) is 0 Å². The van der Waals surface area contributed by atoms with Gasteiger partial charge < -0.3 is 20.2 Å². The molecular formula is C21H18N6O8S2. The highest BCUT2D eigenvalue weighted by molar-refractivity contribution is 8.00. The number of thiazole rings is 1. The zero-order chi connectivity index (χ0) is 26.5. The van der Waals surface area contributed by atoms with Crippen LogP contribution in [0.2, 0.25) is 0 Å². The molecule has 4 rings (SSSR count). The van der Waals surface area contributed by atoms with E-state index < -0.39 is 34.1 Å². The van der Waals surface area contributed by atoms with Crippen molar-refractivity contribution >= 4 is 63.8 Å². The number of rotatable bonds is 10. The number of nitrogens with one attached hydrogen (secondary N) is 2. The van der Waals surface area contributed by atoms with E-state index in [4.69, 9.17) is 9.57 Å². The summed E-state index contributed by atoms with van der Waals surface area (Å²) in [5, 5.41) is 20.6. The third-order valence-electron chi connectivity index (χ3n) is 5.19. The number of carbonyl (C=O) groups is 4. The fourth-order valence-electron chi connectivity index (χ4n) is 3.47. The summed E-state index contributed by atoms with van der Waals surface area (Å²) in [6.07, 6.45) is 2.00. The highest BCUT2D eigenvalue weighted by Gasteiger charge is 2.53. The number of fused-ring (bicyclic) bond motifs is 1. The van der Waals surface area contributed by atoms with Crippen LogP contribution in [0.5, 0.6) is 0 Å². The molecule has 1 fully saturated rings. The van der Waals surface area contributed by atoms with E-state index in [1.165, 1.54) is 53.4 Å². The van der Waals surface area contributed by atoms with E-state index in [1.807, 2.05) is 0 Å². The monoisotopic (exact) mass is 546 g/mol. The molecule has 1 unspecified atom stereocenters. The Morgan fingerprint density at radius 3 is 2.78 bits per heavy atom. The number of nitro groups is 1. The van der Waals surface area contributed by atoms with E-state index in [0.29, 0.717) is 17.7 Å². The molecule has 192 valence electrons. The molecule has 1 aromatic carbocycles. The fourth-order valence-corrected chi connectivity index (χ4v) is 5.32. The molecule has 2 aliphatic rings. The topological polar surface area (TPSA) is 182 Å². The van der Waals surface area contributed by atoms with Crippen LogP contribution in [-0.4, -0.2) is 69.0 Å². The molecule has 0 aliphatic carbocycles. The van der Waals surface area contributed by atoms with Crippen molar-refractivity contribution in [2.75, 3.05) is 18.2 Å². The summed E-state index contributed by atoms with van der Waals surface area (Å²) >= 11 is 2.42. The highest BCUT2D eigenvalue weighted by atomic mass is 32.2.